The van der Waals surface area contributed by atoms with E-state index in [1.54, 1.807) is 0 Å². The molecule has 0 saturated carbocycles. The number of rotatable bonds is 4. The van der Waals surface area contributed by atoms with Crippen LogP contribution in [0.1, 0.15) is 24.8 Å². The van der Waals surface area contributed by atoms with E-state index in [0.717, 1.165) is 11.9 Å². The Morgan fingerprint density at radius 3 is 2.33 bits per heavy atom. The van der Waals surface area contributed by atoms with Gasteiger partial charge in [0.05, 0.1) is 20.1 Å². The molecule has 7 heteroatoms. The molecule has 0 radical (unpaired) electrons. The molecule has 0 atom stereocenters. The number of unbranched alkanes of at least 4 members (excludes halogenated alkanes) is 1. The van der Waals surface area contributed by atoms with Crippen LogP contribution < -0.4 is 10.9 Å². The van der Waals surface area contributed by atoms with Gasteiger partial charge in [-0.15, -0.1) is 11.3 Å². The van der Waals surface area contributed by atoms with Crippen LogP contribution in [0.3, 0.4) is 0 Å². The minimum absolute atomic E-state index is 0.0756. The van der Waals surface area contributed by atoms with E-state index in [9.17, 15) is 8.42 Å². The Bertz CT molecular complexity index is 855. The van der Waals surface area contributed by atoms with Crippen LogP contribution in [0, 0.1) is 0 Å². The summed E-state index contributed by atoms with van der Waals surface area (Å²) >= 11 is 1.83. The zero-order chi connectivity index (χ0) is 17.6. The third-order valence-electron chi connectivity index (χ3n) is 3.29. The van der Waals surface area contributed by atoms with E-state index < -0.39 is 10.0 Å². The molecule has 1 aromatic heterocycles. The number of anilines is 1. The maximum atomic E-state index is 10.7. The highest BCUT2D eigenvalue weighted by Crippen LogP contribution is 2.22. The van der Waals surface area contributed by atoms with Gasteiger partial charge in [-0.3, -0.25) is 0 Å². The average Bonchev–Trinajstić information content (AvgIpc) is 2.96. The lowest BCUT2D eigenvalue weighted by Crippen LogP contribution is -2.11. The van der Waals surface area contributed by atoms with E-state index in [1.165, 1.54) is 46.8 Å². The highest BCUT2D eigenvalue weighted by molar-refractivity contribution is 7.89. The van der Waals surface area contributed by atoms with Gasteiger partial charge in [-0.1, -0.05) is 25.5 Å². The maximum Gasteiger partial charge on any atom is 0.238 e. The summed E-state index contributed by atoms with van der Waals surface area (Å²) in [4.78, 5) is 4.64. The second-order valence-corrected chi connectivity index (χ2v) is 7.97. The SMILES string of the molecule is CCCCc1nc2ccccc2s1.Nc1ccc(S(N)(=O)=O)cc1. The first-order chi connectivity index (χ1) is 11.4. The number of hydrogen-bond donors (Lipinski definition) is 2. The highest BCUT2D eigenvalue weighted by Gasteiger charge is 2.05. The van der Waals surface area contributed by atoms with Gasteiger partial charge < -0.3 is 5.73 Å². The Morgan fingerprint density at radius 2 is 1.75 bits per heavy atom. The predicted octanol–water partition coefficient (Wildman–Crippen LogP) is 3.56. The number of aryl methyl sites for hydroxylation is 1. The largest absolute Gasteiger partial charge is 0.399 e. The minimum atomic E-state index is -3.58. The fraction of sp³-hybridized carbons (Fsp3) is 0.235. The monoisotopic (exact) mass is 363 g/mol. The summed E-state index contributed by atoms with van der Waals surface area (Å²) in [5.41, 5.74) is 7.00. The summed E-state index contributed by atoms with van der Waals surface area (Å²) in [7, 11) is -3.58. The van der Waals surface area contributed by atoms with Crippen LogP contribution in [0.2, 0.25) is 0 Å². The second kappa shape index (κ2) is 8.23. The Hall–Kier alpha value is -1.96. The molecule has 24 heavy (non-hydrogen) atoms. The molecule has 0 aliphatic carbocycles. The topological polar surface area (TPSA) is 99.1 Å². The number of thiazole rings is 1. The molecular formula is C17H21N3O2S2. The normalized spacial score (nSPS) is 11.1. The number of hydrogen-bond acceptors (Lipinski definition) is 5. The standard InChI is InChI=1S/C11H13NS.C6H8N2O2S/c1-2-3-8-11-12-9-6-4-5-7-10(9)13-11;7-5-1-3-6(4-2-5)11(8,9)10/h4-7H,2-3,8H2,1H3;1-4H,7H2,(H2,8,9,10). The molecule has 0 unspecified atom stereocenters. The van der Waals surface area contributed by atoms with E-state index in [1.807, 2.05) is 17.4 Å². The second-order valence-electron chi connectivity index (χ2n) is 5.29. The first-order valence-electron chi connectivity index (χ1n) is 7.63. The van der Waals surface area contributed by atoms with Crippen molar-refractivity contribution in [2.24, 2.45) is 5.14 Å². The first kappa shape index (κ1) is 18.4. The van der Waals surface area contributed by atoms with Gasteiger partial charge in [0.15, 0.2) is 0 Å². The minimum Gasteiger partial charge on any atom is -0.399 e. The van der Waals surface area contributed by atoms with Gasteiger partial charge in [-0.2, -0.15) is 0 Å². The summed E-state index contributed by atoms with van der Waals surface area (Å²) < 4.78 is 22.7. The fourth-order valence-corrected chi connectivity index (χ4v) is 3.54. The van der Waals surface area contributed by atoms with Gasteiger partial charge in [0.2, 0.25) is 10.0 Å². The molecule has 3 rings (SSSR count). The number of fused-ring (bicyclic) bond motifs is 1. The Balaban J connectivity index is 0.000000177. The van der Waals surface area contributed by atoms with Crippen molar-refractivity contribution in [3.63, 3.8) is 0 Å². The van der Waals surface area contributed by atoms with Crippen molar-refractivity contribution in [2.45, 2.75) is 31.1 Å². The molecule has 2 aromatic carbocycles. The summed E-state index contributed by atoms with van der Waals surface area (Å²) in [5.74, 6) is 0. The van der Waals surface area contributed by atoms with Gasteiger partial charge in [0, 0.05) is 5.69 Å². The van der Waals surface area contributed by atoms with Crippen molar-refractivity contribution < 1.29 is 8.42 Å². The molecule has 0 bridgehead atoms. The molecule has 0 saturated heterocycles. The van der Waals surface area contributed by atoms with Crippen molar-refractivity contribution in [2.75, 3.05) is 5.73 Å². The van der Waals surface area contributed by atoms with E-state index in [4.69, 9.17) is 10.9 Å². The van der Waals surface area contributed by atoms with Gasteiger partial charge in [0.25, 0.3) is 0 Å². The summed E-state index contributed by atoms with van der Waals surface area (Å²) in [6.45, 7) is 2.22. The van der Waals surface area contributed by atoms with Crippen LogP contribution in [-0.2, 0) is 16.4 Å². The van der Waals surface area contributed by atoms with Gasteiger partial charge in [-0.25, -0.2) is 18.5 Å². The summed E-state index contributed by atoms with van der Waals surface area (Å²) in [5, 5.41) is 6.12. The average molecular weight is 364 g/mol. The number of nitrogen functional groups attached to an aromatic ring is 1. The highest BCUT2D eigenvalue weighted by atomic mass is 32.2. The fourth-order valence-electron chi connectivity index (χ4n) is 2.01. The van der Waals surface area contributed by atoms with Crippen molar-refractivity contribution in [3.8, 4) is 0 Å². The zero-order valence-corrected chi connectivity index (χ0v) is 15.1. The Morgan fingerprint density at radius 1 is 1.08 bits per heavy atom. The van der Waals surface area contributed by atoms with Crippen LogP contribution in [-0.4, -0.2) is 13.4 Å². The lowest BCUT2D eigenvalue weighted by atomic mass is 10.3. The smallest absolute Gasteiger partial charge is 0.238 e. The molecule has 0 spiro atoms. The maximum absolute atomic E-state index is 10.7. The van der Waals surface area contributed by atoms with E-state index in [0.29, 0.717) is 5.69 Å². The molecule has 0 aliphatic rings. The molecule has 0 aliphatic heterocycles. The Kier molecular flexibility index (Phi) is 6.30. The van der Waals surface area contributed by atoms with Crippen molar-refractivity contribution in [3.05, 3.63) is 53.5 Å². The van der Waals surface area contributed by atoms with E-state index >= 15 is 0 Å². The number of primary sulfonamides is 1. The molecule has 4 N–H and O–H groups in total. The number of aromatic nitrogens is 1. The number of para-hydroxylation sites is 1. The van der Waals surface area contributed by atoms with E-state index in [-0.39, 0.29) is 4.90 Å². The first-order valence-corrected chi connectivity index (χ1v) is 9.99. The van der Waals surface area contributed by atoms with Gasteiger partial charge >= 0.3 is 0 Å². The van der Waals surface area contributed by atoms with Crippen LogP contribution in [0.4, 0.5) is 5.69 Å². The lowest BCUT2D eigenvalue weighted by Gasteiger charge is -1.96. The number of sulfonamides is 1. The van der Waals surface area contributed by atoms with Gasteiger partial charge in [-0.05, 0) is 49.2 Å². The lowest BCUT2D eigenvalue weighted by molar-refractivity contribution is 0.598. The van der Waals surface area contributed by atoms with Crippen LogP contribution in [0.25, 0.3) is 10.2 Å². The third-order valence-corrected chi connectivity index (χ3v) is 5.32. The zero-order valence-electron chi connectivity index (χ0n) is 13.5. The third kappa shape index (κ3) is 5.30. The van der Waals surface area contributed by atoms with Gasteiger partial charge in [0.1, 0.15) is 0 Å². The van der Waals surface area contributed by atoms with E-state index in [2.05, 4.69) is 30.1 Å². The quantitative estimate of drug-likeness (QED) is 0.692. The number of benzene rings is 2. The van der Waals surface area contributed by atoms with Crippen molar-refractivity contribution in [1.29, 1.82) is 0 Å². The molecule has 5 nitrogen and oxygen atoms in total. The van der Waals surface area contributed by atoms with Crippen LogP contribution in [0.15, 0.2) is 53.4 Å². The Labute approximate surface area is 146 Å². The molecule has 0 fully saturated rings. The molecule has 0 amide bonds. The number of nitrogens with two attached hydrogens (primary N) is 2. The van der Waals surface area contributed by atoms with Crippen LogP contribution in [0.5, 0.6) is 0 Å². The molecule has 3 aromatic rings. The molecular weight excluding hydrogens is 342 g/mol. The van der Waals surface area contributed by atoms with Crippen LogP contribution >= 0.6 is 11.3 Å². The van der Waals surface area contributed by atoms with Crippen molar-refractivity contribution >= 4 is 37.3 Å². The summed E-state index contributed by atoms with van der Waals surface area (Å²) in [6.07, 6.45) is 3.63. The summed E-state index contributed by atoms with van der Waals surface area (Å²) in [6, 6.07) is 14.0. The number of nitrogens with zero attached hydrogens (tertiary/aromatic N) is 1. The molecule has 1 heterocycles. The molecule has 128 valence electrons. The van der Waals surface area contributed by atoms with Crippen molar-refractivity contribution in [1.82, 2.24) is 4.98 Å². The predicted molar refractivity (Wildman–Crippen MR) is 100 cm³/mol.